The van der Waals surface area contributed by atoms with Crippen molar-refractivity contribution in [2.75, 3.05) is 6.54 Å². The van der Waals surface area contributed by atoms with E-state index in [4.69, 9.17) is 0 Å². The van der Waals surface area contributed by atoms with Crippen LogP contribution >= 0.6 is 0 Å². The number of hydrogen-bond acceptors (Lipinski definition) is 2. The van der Waals surface area contributed by atoms with E-state index in [1.54, 1.807) is 11.1 Å². The van der Waals surface area contributed by atoms with Crippen LogP contribution in [0.3, 0.4) is 0 Å². The van der Waals surface area contributed by atoms with Gasteiger partial charge in [0.2, 0.25) is 0 Å². The van der Waals surface area contributed by atoms with Crippen molar-refractivity contribution in [3.63, 3.8) is 0 Å². The third-order valence-electron chi connectivity index (χ3n) is 5.78. The molecule has 2 aromatic rings. The first-order valence-electron chi connectivity index (χ1n) is 9.30. The van der Waals surface area contributed by atoms with Gasteiger partial charge in [-0.3, -0.25) is 0 Å². The van der Waals surface area contributed by atoms with Gasteiger partial charge in [-0.1, -0.05) is 13.8 Å². The van der Waals surface area contributed by atoms with Gasteiger partial charge in [0.15, 0.2) is 0 Å². The van der Waals surface area contributed by atoms with Gasteiger partial charge in [0.1, 0.15) is 17.5 Å². The molecule has 2 atom stereocenters. The number of nitrogens with one attached hydrogen (secondary N) is 1. The molecule has 5 nitrogen and oxygen atoms in total. The van der Waals surface area contributed by atoms with E-state index in [1.165, 1.54) is 6.07 Å². The molecule has 1 N–H and O–H groups in total. The molecule has 144 valence electrons. The molecule has 1 saturated heterocycles. The van der Waals surface area contributed by atoms with Crippen LogP contribution in [0.15, 0.2) is 24.5 Å². The lowest BCUT2D eigenvalue weighted by Gasteiger charge is -2.53. The number of amides is 2. The Morgan fingerprint density at radius 3 is 2.78 bits per heavy atom. The topological polar surface area (TPSA) is 50.2 Å². The SMILES string of the molecule is Cn1ccnc1C1N(C(=O)N[C@@H]2CCCc3c(F)cc(F)cc32)CC1(C)C. The molecule has 1 aliphatic heterocycles. The number of aromatic nitrogens is 2. The van der Waals surface area contributed by atoms with E-state index in [9.17, 15) is 13.6 Å². The maximum atomic E-state index is 14.1. The minimum atomic E-state index is -0.608. The fourth-order valence-corrected chi connectivity index (χ4v) is 4.46. The van der Waals surface area contributed by atoms with Crippen LogP contribution in [0.1, 0.15) is 55.7 Å². The second kappa shape index (κ2) is 6.32. The van der Waals surface area contributed by atoms with Crippen molar-refractivity contribution >= 4 is 6.03 Å². The summed E-state index contributed by atoms with van der Waals surface area (Å²) < 4.78 is 29.7. The Labute approximate surface area is 157 Å². The number of urea groups is 1. The zero-order valence-corrected chi connectivity index (χ0v) is 15.8. The Morgan fingerprint density at radius 2 is 2.11 bits per heavy atom. The largest absolute Gasteiger partial charge is 0.336 e. The third kappa shape index (κ3) is 2.99. The van der Waals surface area contributed by atoms with Gasteiger partial charge >= 0.3 is 6.03 Å². The summed E-state index contributed by atoms with van der Waals surface area (Å²) in [5, 5.41) is 3.00. The van der Waals surface area contributed by atoms with Crippen LogP contribution in [0.5, 0.6) is 0 Å². The average molecular weight is 374 g/mol. The molecule has 0 radical (unpaired) electrons. The second-order valence-corrected chi connectivity index (χ2v) is 8.27. The van der Waals surface area contributed by atoms with Gasteiger partial charge in [-0.15, -0.1) is 0 Å². The summed E-state index contributed by atoms with van der Waals surface area (Å²) in [6, 6.07) is 1.53. The molecule has 1 unspecified atom stereocenters. The van der Waals surface area contributed by atoms with Gasteiger partial charge in [-0.05, 0) is 36.5 Å². The van der Waals surface area contributed by atoms with Crippen molar-refractivity contribution in [3.8, 4) is 0 Å². The van der Waals surface area contributed by atoms with Crippen LogP contribution < -0.4 is 5.32 Å². The lowest BCUT2D eigenvalue weighted by Crippen LogP contribution is -2.61. The number of hydrogen-bond donors (Lipinski definition) is 1. The van der Waals surface area contributed by atoms with Crippen LogP contribution in [-0.4, -0.2) is 27.0 Å². The van der Waals surface area contributed by atoms with Crippen LogP contribution in [0.4, 0.5) is 13.6 Å². The molecular weight excluding hydrogens is 350 g/mol. The van der Waals surface area contributed by atoms with Crippen molar-refractivity contribution in [2.45, 2.75) is 45.2 Å². The first-order chi connectivity index (χ1) is 12.8. The summed E-state index contributed by atoms with van der Waals surface area (Å²) in [5.41, 5.74) is 0.983. The van der Waals surface area contributed by atoms with E-state index in [0.717, 1.165) is 18.3 Å². The lowest BCUT2D eigenvalue weighted by molar-refractivity contribution is -0.0240. The molecule has 0 saturated carbocycles. The summed E-state index contributed by atoms with van der Waals surface area (Å²) in [6.45, 7) is 4.82. The Bertz CT molecular complexity index is 892. The number of nitrogens with zero attached hydrogens (tertiary/aromatic N) is 3. The number of carbonyl (C=O) groups excluding carboxylic acids is 1. The van der Waals surface area contributed by atoms with Crippen LogP contribution in [-0.2, 0) is 13.5 Å². The molecule has 1 aromatic carbocycles. The van der Waals surface area contributed by atoms with Crippen molar-refractivity contribution in [3.05, 3.63) is 53.1 Å². The van der Waals surface area contributed by atoms with E-state index >= 15 is 0 Å². The molecule has 0 spiro atoms. The summed E-state index contributed by atoms with van der Waals surface area (Å²) in [5.74, 6) is -0.300. The molecule has 2 heterocycles. The lowest BCUT2D eigenvalue weighted by atomic mass is 9.74. The smallest absolute Gasteiger partial charge is 0.318 e. The van der Waals surface area contributed by atoms with E-state index in [2.05, 4.69) is 24.1 Å². The van der Waals surface area contributed by atoms with Crippen LogP contribution in [0.2, 0.25) is 0 Å². The Morgan fingerprint density at radius 1 is 1.33 bits per heavy atom. The predicted octanol–water partition coefficient (Wildman–Crippen LogP) is 3.87. The molecule has 2 amide bonds. The number of halogens is 2. The Hall–Kier alpha value is -2.44. The maximum absolute atomic E-state index is 14.1. The monoisotopic (exact) mass is 374 g/mol. The number of rotatable bonds is 2. The van der Waals surface area contributed by atoms with Crippen LogP contribution in [0.25, 0.3) is 0 Å². The van der Waals surface area contributed by atoms with Gasteiger partial charge in [-0.25, -0.2) is 18.6 Å². The summed E-state index contributed by atoms with van der Waals surface area (Å²) in [6.07, 6.45) is 5.59. The van der Waals surface area contributed by atoms with E-state index < -0.39 is 11.6 Å². The second-order valence-electron chi connectivity index (χ2n) is 8.27. The van der Waals surface area contributed by atoms with Crippen molar-refractivity contribution in [1.82, 2.24) is 19.8 Å². The van der Waals surface area contributed by atoms with E-state index in [1.807, 2.05) is 17.8 Å². The van der Waals surface area contributed by atoms with Gasteiger partial charge in [0.25, 0.3) is 0 Å². The van der Waals surface area contributed by atoms with E-state index in [0.29, 0.717) is 30.5 Å². The molecule has 1 fully saturated rings. The fourth-order valence-electron chi connectivity index (χ4n) is 4.46. The standard InChI is InChI=1S/C20H24F2N4O/c1-20(2)11-26(17(20)18-23-7-8-25(18)3)19(27)24-16-6-4-5-13-14(16)9-12(21)10-15(13)22/h7-10,16-17H,4-6,11H2,1-3H3,(H,24,27)/t16-,17?/m1/s1. The normalized spacial score (nSPS) is 23.5. The molecule has 1 aliphatic carbocycles. The number of fused-ring (bicyclic) bond motifs is 1. The van der Waals surface area contributed by atoms with E-state index in [-0.39, 0.29) is 23.5 Å². The zero-order chi connectivity index (χ0) is 19.3. The Kier molecular flexibility index (Phi) is 4.20. The number of carbonyl (C=O) groups is 1. The summed E-state index contributed by atoms with van der Waals surface area (Å²) >= 11 is 0. The molecule has 27 heavy (non-hydrogen) atoms. The number of likely N-dealkylation sites (tertiary alicyclic amines) is 1. The fraction of sp³-hybridized carbons (Fsp3) is 0.500. The minimum absolute atomic E-state index is 0.0842. The first-order valence-corrected chi connectivity index (χ1v) is 9.30. The highest BCUT2D eigenvalue weighted by atomic mass is 19.1. The maximum Gasteiger partial charge on any atom is 0.318 e. The van der Waals surface area contributed by atoms with Gasteiger partial charge in [0, 0.05) is 37.5 Å². The summed E-state index contributed by atoms with van der Waals surface area (Å²) in [4.78, 5) is 19.1. The predicted molar refractivity (Wildman–Crippen MR) is 97.0 cm³/mol. The first kappa shape index (κ1) is 17.9. The number of imidazole rings is 1. The van der Waals surface area contributed by atoms with Crippen molar-refractivity contribution in [1.29, 1.82) is 0 Å². The molecule has 0 bridgehead atoms. The van der Waals surface area contributed by atoms with Crippen molar-refractivity contribution < 1.29 is 13.6 Å². The molecule has 1 aromatic heterocycles. The zero-order valence-electron chi connectivity index (χ0n) is 15.8. The molecule has 2 aliphatic rings. The number of aryl methyl sites for hydroxylation is 1. The average Bonchev–Trinajstić information content (AvgIpc) is 2.99. The van der Waals surface area contributed by atoms with Crippen molar-refractivity contribution in [2.24, 2.45) is 12.5 Å². The molecule has 7 heteroatoms. The van der Waals surface area contributed by atoms with Gasteiger partial charge in [0.05, 0.1) is 12.1 Å². The molecule has 4 rings (SSSR count). The minimum Gasteiger partial charge on any atom is -0.336 e. The summed E-state index contributed by atoms with van der Waals surface area (Å²) in [7, 11) is 1.91. The van der Waals surface area contributed by atoms with Gasteiger partial charge in [-0.2, -0.15) is 0 Å². The quantitative estimate of drug-likeness (QED) is 0.868. The van der Waals surface area contributed by atoms with Gasteiger partial charge < -0.3 is 14.8 Å². The highest BCUT2D eigenvalue weighted by molar-refractivity contribution is 5.76. The molecular formula is C20H24F2N4O. The van der Waals surface area contributed by atoms with Crippen LogP contribution in [0, 0.1) is 17.0 Å². The third-order valence-corrected chi connectivity index (χ3v) is 5.78. The Balaban J connectivity index is 1.57. The number of benzene rings is 1. The highest BCUT2D eigenvalue weighted by Gasteiger charge is 2.51. The highest BCUT2D eigenvalue weighted by Crippen LogP contribution is 2.47.